The van der Waals surface area contributed by atoms with Crippen LogP contribution >= 0.6 is 0 Å². The lowest BCUT2D eigenvalue weighted by Gasteiger charge is -2.17. The summed E-state index contributed by atoms with van der Waals surface area (Å²) in [5.74, 6) is 0. The van der Waals surface area contributed by atoms with Gasteiger partial charge in [-0.25, -0.2) is 0 Å². The van der Waals surface area contributed by atoms with Crippen LogP contribution in [0, 0.1) is 0 Å². The average molecular weight is 219 g/mol. The Kier molecular flexibility index (Phi) is 8.55. The zero-order chi connectivity index (χ0) is 11.7. The second-order valence-corrected chi connectivity index (χ2v) is 3.61. The van der Waals surface area contributed by atoms with E-state index in [2.05, 4.69) is 12.3 Å². The first-order chi connectivity index (χ1) is 7.11. The molecule has 0 saturated carbocycles. The lowest BCUT2D eigenvalue weighted by atomic mass is 10.2. The number of hydrogen-bond donors (Lipinski definition) is 5. The summed E-state index contributed by atoms with van der Waals surface area (Å²) in [6.45, 7) is 3.48. The van der Waals surface area contributed by atoms with Crippen molar-refractivity contribution in [2.24, 2.45) is 0 Å². The molecule has 0 aliphatic heterocycles. The van der Waals surface area contributed by atoms with Gasteiger partial charge in [-0.2, -0.15) is 5.21 Å². The lowest BCUT2D eigenvalue weighted by Crippen LogP contribution is -3.13. The van der Waals surface area contributed by atoms with Gasteiger partial charge >= 0.3 is 0 Å². The summed E-state index contributed by atoms with van der Waals surface area (Å²) in [7, 11) is 0. The number of aliphatic hydroxyl groups excluding tert-OH is 2. The fourth-order valence-corrected chi connectivity index (χ4v) is 1.05. The molecule has 0 fully saturated rings. The number of quaternary nitrogens is 1. The van der Waals surface area contributed by atoms with Gasteiger partial charge in [0.05, 0.1) is 18.8 Å². The van der Waals surface area contributed by atoms with E-state index >= 15 is 0 Å². The van der Waals surface area contributed by atoms with Gasteiger partial charge < -0.3 is 10.2 Å². The fraction of sp³-hybridized carbons (Fsp3) is 0.800. The number of rotatable bonds is 8. The smallest absolute Gasteiger partial charge is 0.143 e. The third-order valence-corrected chi connectivity index (χ3v) is 2.14. The third kappa shape index (κ3) is 7.47. The molecule has 0 spiro atoms. The van der Waals surface area contributed by atoms with Crippen LogP contribution in [0.2, 0.25) is 0 Å². The Balaban J connectivity index is 3.72. The normalized spacial score (nSPS) is 17.9. The van der Waals surface area contributed by atoms with Crippen molar-refractivity contribution in [2.75, 3.05) is 6.61 Å². The van der Waals surface area contributed by atoms with Crippen molar-refractivity contribution < 1.29 is 20.6 Å². The quantitative estimate of drug-likeness (QED) is 0.274. The lowest BCUT2D eigenvalue weighted by molar-refractivity contribution is -1.09. The van der Waals surface area contributed by atoms with Gasteiger partial charge in [0, 0.05) is 0 Å². The number of hydroxylamine groups is 1. The maximum Gasteiger partial charge on any atom is 0.143 e. The van der Waals surface area contributed by atoms with Crippen LogP contribution in [-0.4, -0.2) is 34.2 Å². The summed E-state index contributed by atoms with van der Waals surface area (Å²) in [5.41, 5.74) is 2.68. The van der Waals surface area contributed by atoms with Crippen molar-refractivity contribution in [1.82, 2.24) is 5.43 Å². The molecule has 0 aliphatic rings. The highest BCUT2D eigenvalue weighted by atomic mass is 16.5. The minimum absolute atomic E-state index is 0.0195. The molecule has 0 radical (unpaired) electrons. The van der Waals surface area contributed by atoms with Crippen LogP contribution in [-0.2, 0) is 0 Å². The van der Waals surface area contributed by atoms with E-state index in [4.69, 9.17) is 5.11 Å². The van der Waals surface area contributed by atoms with Crippen LogP contribution in [0.15, 0.2) is 12.3 Å². The van der Waals surface area contributed by atoms with Gasteiger partial charge in [-0.05, 0) is 25.8 Å². The highest BCUT2D eigenvalue weighted by Crippen LogP contribution is 1.92. The first-order valence-electron chi connectivity index (χ1n) is 5.39. The van der Waals surface area contributed by atoms with Gasteiger partial charge in [0.15, 0.2) is 0 Å². The van der Waals surface area contributed by atoms with E-state index in [0.29, 0.717) is 0 Å². The second kappa shape index (κ2) is 8.82. The van der Waals surface area contributed by atoms with Gasteiger partial charge in [0.2, 0.25) is 0 Å². The number of allylic oxidation sites excluding steroid dienone is 1. The molecule has 0 aliphatic carbocycles. The molecule has 5 heteroatoms. The zero-order valence-electron chi connectivity index (χ0n) is 9.48. The number of nitrogens with one attached hydrogen (secondary N) is 2. The zero-order valence-corrected chi connectivity index (χ0v) is 9.48. The first-order valence-corrected chi connectivity index (χ1v) is 5.39. The van der Waals surface area contributed by atoms with Crippen molar-refractivity contribution >= 4 is 0 Å². The maximum absolute atomic E-state index is 9.39. The topological polar surface area (TPSA) is 77.2 Å². The van der Waals surface area contributed by atoms with Gasteiger partial charge in [-0.15, -0.1) is 5.43 Å². The number of hydrogen-bond acceptors (Lipinski definition) is 4. The molecular formula is C10H23N2O3+. The average Bonchev–Trinajstić information content (AvgIpc) is 2.23. The molecule has 0 aromatic rings. The first kappa shape index (κ1) is 14.5. The Hall–Kier alpha value is -0.460. The van der Waals surface area contributed by atoms with E-state index in [1.54, 1.807) is 13.1 Å². The van der Waals surface area contributed by atoms with Crippen molar-refractivity contribution in [3.05, 3.63) is 12.3 Å². The van der Waals surface area contributed by atoms with E-state index in [9.17, 15) is 10.3 Å². The summed E-state index contributed by atoms with van der Waals surface area (Å²) in [4.78, 5) is 0. The van der Waals surface area contributed by atoms with Gasteiger partial charge in [0.25, 0.3) is 0 Å². The standard InChI is InChI=1S/C10H22N2O3/c1-3-4-5-6-7-12(15)11-9(2)10(14)8-13/h6-7,9-11,13-15H,3-5,8H2,1-2H3/p+1/b7-6-/t9-,10-/m1/s1. The molecule has 0 amide bonds. The highest BCUT2D eigenvalue weighted by molar-refractivity contribution is 4.71. The molecule has 0 aromatic carbocycles. The Labute approximate surface area is 91.0 Å². The van der Waals surface area contributed by atoms with E-state index in [1.165, 1.54) is 0 Å². The van der Waals surface area contributed by atoms with E-state index < -0.39 is 6.10 Å². The van der Waals surface area contributed by atoms with E-state index in [1.807, 2.05) is 6.08 Å². The second-order valence-electron chi connectivity index (χ2n) is 3.61. The van der Waals surface area contributed by atoms with Crippen molar-refractivity contribution in [3.63, 3.8) is 0 Å². The van der Waals surface area contributed by atoms with Gasteiger partial charge in [-0.1, -0.05) is 18.5 Å². The number of aliphatic hydroxyl groups is 2. The van der Waals surface area contributed by atoms with Crippen LogP contribution in [0.3, 0.4) is 0 Å². The van der Waals surface area contributed by atoms with Gasteiger partial charge in [-0.3, -0.25) is 0 Å². The summed E-state index contributed by atoms with van der Waals surface area (Å²) in [6, 6.07) is -0.370. The summed E-state index contributed by atoms with van der Waals surface area (Å²) < 4.78 is 0. The Morgan fingerprint density at radius 1 is 1.47 bits per heavy atom. The molecule has 0 heterocycles. The minimum atomic E-state index is -0.865. The molecular weight excluding hydrogens is 196 g/mol. The monoisotopic (exact) mass is 219 g/mol. The minimum Gasteiger partial charge on any atom is -0.394 e. The predicted octanol–water partition coefficient (Wildman–Crippen LogP) is -0.789. The fourth-order valence-electron chi connectivity index (χ4n) is 1.05. The van der Waals surface area contributed by atoms with Crippen LogP contribution in [0.1, 0.15) is 33.1 Å². The molecule has 5 nitrogen and oxygen atoms in total. The molecule has 90 valence electrons. The molecule has 5 N–H and O–H groups in total. The van der Waals surface area contributed by atoms with Crippen molar-refractivity contribution in [1.29, 1.82) is 0 Å². The Morgan fingerprint density at radius 3 is 2.67 bits per heavy atom. The Morgan fingerprint density at radius 2 is 2.13 bits per heavy atom. The molecule has 0 saturated heterocycles. The molecule has 3 atom stereocenters. The third-order valence-electron chi connectivity index (χ3n) is 2.14. The molecule has 0 bridgehead atoms. The largest absolute Gasteiger partial charge is 0.394 e. The van der Waals surface area contributed by atoms with Crippen LogP contribution in [0.5, 0.6) is 0 Å². The Bertz CT molecular complexity index is 176. The van der Waals surface area contributed by atoms with E-state index in [-0.39, 0.29) is 17.8 Å². The van der Waals surface area contributed by atoms with Crippen LogP contribution in [0.25, 0.3) is 0 Å². The van der Waals surface area contributed by atoms with Crippen LogP contribution < -0.4 is 10.6 Å². The van der Waals surface area contributed by atoms with Crippen LogP contribution in [0.4, 0.5) is 0 Å². The molecule has 0 rings (SSSR count). The SMILES string of the molecule is CCCC/C=C\[NH+](O)N[C@H](C)[C@H](O)CO. The summed E-state index contributed by atoms with van der Waals surface area (Å²) >= 11 is 0. The molecule has 15 heavy (non-hydrogen) atoms. The maximum atomic E-state index is 9.39. The molecule has 1 unspecified atom stereocenters. The van der Waals surface area contributed by atoms with E-state index in [0.717, 1.165) is 19.3 Å². The van der Waals surface area contributed by atoms with Crippen molar-refractivity contribution in [2.45, 2.75) is 45.3 Å². The van der Waals surface area contributed by atoms with Crippen molar-refractivity contribution in [3.8, 4) is 0 Å². The van der Waals surface area contributed by atoms with Gasteiger partial charge in [0.1, 0.15) is 6.20 Å². The highest BCUT2D eigenvalue weighted by Gasteiger charge is 2.16. The summed E-state index contributed by atoms with van der Waals surface area (Å²) in [6.07, 6.45) is 5.74. The molecule has 0 aromatic heterocycles. The predicted molar refractivity (Wildman–Crippen MR) is 57.1 cm³/mol. The summed E-state index contributed by atoms with van der Waals surface area (Å²) in [5, 5.41) is 27.3. The number of unbranched alkanes of at least 4 members (excludes halogenated alkanes) is 2.